The summed E-state index contributed by atoms with van der Waals surface area (Å²) in [7, 11) is 0. The number of rotatable bonds is 2. The Kier molecular flexibility index (Phi) is 8.83. The molecule has 2 nitrogen and oxygen atoms in total. The second-order valence-corrected chi connectivity index (χ2v) is 1.25. The molecule has 0 saturated heterocycles. The van der Waals surface area contributed by atoms with Gasteiger partial charge in [-0.3, -0.25) is 0 Å². The Labute approximate surface area is 61.2 Å². The zero-order valence-corrected chi connectivity index (χ0v) is 6.13. The molecule has 0 unspecified atom stereocenters. The molecule has 0 atom stereocenters. The van der Waals surface area contributed by atoms with E-state index in [9.17, 15) is 4.79 Å². The van der Waals surface area contributed by atoms with E-state index in [1.165, 1.54) is 12.2 Å². The molecule has 0 aromatic heterocycles. The molecule has 2 heteroatoms. The topological polar surface area (TPSA) is 37.3 Å². The lowest BCUT2D eigenvalue weighted by Gasteiger charge is -1.86. The lowest BCUT2D eigenvalue weighted by Crippen LogP contribution is -1.95. The first-order valence-corrected chi connectivity index (χ1v) is 2.74. The summed E-state index contributed by atoms with van der Waals surface area (Å²) >= 11 is 0. The molecule has 0 fully saturated rings. The third-order valence-corrected chi connectivity index (χ3v) is 0.778. The summed E-state index contributed by atoms with van der Waals surface area (Å²) < 4.78 is 0. The Balaban J connectivity index is 0. The molecule has 0 aromatic carbocycles. The number of carboxylic acids is 1. The highest BCUT2D eigenvalue weighted by Gasteiger charge is 1.96. The third-order valence-electron chi connectivity index (χ3n) is 0.778. The molecule has 0 spiro atoms. The number of hydrogen-bond acceptors (Lipinski definition) is 1. The normalized spacial score (nSPS) is 9.10. The van der Waals surface area contributed by atoms with Gasteiger partial charge >= 0.3 is 5.97 Å². The Hall–Kier alpha value is -1.31. The minimum Gasteiger partial charge on any atom is -0.478 e. The van der Waals surface area contributed by atoms with Gasteiger partial charge in [-0.1, -0.05) is 18.7 Å². The van der Waals surface area contributed by atoms with Crippen molar-refractivity contribution in [1.82, 2.24) is 0 Å². The Morgan fingerprint density at radius 1 is 1.50 bits per heavy atom. The van der Waals surface area contributed by atoms with Crippen LogP contribution in [0.2, 0.25) is 0 Å². The van der Waals surface area contributed by atoms with E-state index in [0.29, 0.717) is 0 Å². The summed E-state index contributed by atoms with van der Waals surface area (Å²) in [5, 5.41) is 8.23. The zero-order valence-electron chi connectivity index (χ0n) is 6.13. The van der Waals surface area contributed by atoms with Gasteiger partial charge in [-0.25, -0.2) is 4.79 Å². The van der Waals surface area contributed by atoms with Crippen LogP contribution in [0.1, 0.15) is 6.92 Å². The lowest BCUT2D eigenvalue weighted by molar-refractivity contribution is -0.132. The van der Waals surface area contributed by atoms with Crippen LogP contribution in [0.15, 0.2) is 37.5 Å². The van der Waals surface area contributed by atoms with Crippen LogP contribution in [0.5, 0.6) is 0 Å². The van der Waals surface area contributed by atoms with Crippen molar-refractivity contribution in [1.29, 1.82) is 0 Å². The highest BCUT2D eigenvalue weighted by Crippen LogP contribution is 1.92. The van der Waals surface area contributed by atoms with Gasteiger partial charge in [-0.2, -0.15) is 0 Å². The Bertz CT molecular complexity index is 145. The smallest absolute Gasteiger partial charge is 0.335 e. The molecular weight excluding hydrogens is 128 g/mol. The molecular formula is C8H12O2. The molecule has 1 N–H and O–H groups in total. The summed E-state index contributed by atoms with van der Waals surface area (Å²) in [5.74, 6) is -0.928. The second-order valence-electron chi connectivity index (χ2n) is 1.25. The van der Waals surface area contributed by atoms with Gasteiger partial charge in [0.15, 0.2) is 0 Å². The monoisotopic (exact) mass is 140 g/mol. The van der Waals surface area contributed by atoms with Crippen LogP contribution in [0.4, 0.5) is 0 Å². The first-order valence-electron chi connectivity index (χ1n) is 2.74. The molecule has 10 heavy (non-hydrogen) atoms. The minimum atomic E-state index is -0.928. The van der Waals surface area contributed by atoms with Crippen LogP contribution in [0, 0.1) is 0 Å². The van der Waals surface area contributed by atoms with Gasteiger partial charge < -0.3 is 5.11 Å². The number of hydrogen-bond donors (Lipinski definition) is 1. The van der Waals surface area contributed by atoms with Gasteiger partial charge in [-0.05, 0) is 6.92 Å². The summed E-state index contributed by atoms with van der Waals surface area (Å²) in [4.78, 5) is 10.0. The quantitative estimate of drug-likeness (QED) is 0.362. The molecule has 0 amide bonds. The highest BCUT2D eigenvalue weighted by atomic mass is 16.4. The number of aliphatic carboxylic acids is 1. The molecule has 0 aliphatic carbocycles. The van der Waals surface area contributed by atoms with Gasteiger partial charge in [0.05, 0.1) is 5.57 Å². The fourth-order valence-electron chi connectivity index (χ4n) is 0.329. The fourth-order valence-corrected chi connectivity index (χ4v) is 0.329. The van der Waals surface area contributed by atoms with Crippen LogP contribution in [-0.4, -0.2) is 11.1 Å². The first-order chi connectivity index (χ1) is 4.72. The highest BCUT2D eigenvalue weighted by molar-refractivity contribution is 5.89. The second kappa shape index (κ2) is 7.69. The van der Waals surface area contributed by atoms with Gasteiger partial charge in [-0.15, -0.1) is 13.2 Å². The van der Waals surface area contributed by atoms with Gasteiger partial charge in [0.2, 0.25) is 0 Å². The largest absolute Gasteiger partial charge is 0.478 e. The first kappa shape index (κ1) is 11.5. The van der Waals surface area contributed by atoms with E-state index in [1.807, 2.05) is 0 Å². The maximum atomic E-state index is 10.0. The number of allylic oxidation sites excluding steroid dienone is 1. The van der Waals surface area contributed by atoms with Crippen molar-refractivity contribution >= 4 is 5.97 Å². The maximum absolute atomic E-state index is 10.0. The molecule has 0 rings (SSSR count). The van der Waals surface area contributed by atoms with Crippen molar-refractivity contribution in [2.24, 2.45) is 0 Å². The molecule has 0 aliphatic heterocycles. The van der Waals surface area contributed by atoms with Crippen molar-refractivity contribution in [2.75, 3.05) is 0 Å². The minimum absolute atomic E-state index is 0.241. The van der Waals surface area contributed by atoms with Crippen LogP contribution in [-0.2, 0) is 4.79 Å². The molecule has 0 bridgehead atoms. The van der Waals surface area contributed by atoms with E-state index in [1.54, 1.807) is 6.92 Å². The van der Waals surface area contributed by atoms with Crippen molar-refractivity contribution in [3.8, 4) is 0 Å². The maximum Gasteiger partial charge on any atom is 0.335 e. The average Bonchev–Trinajstić information content (AvgIpc) is 1.94. The van der Waals surface area contributed by atoms with Crippen molar-refractivity contribution in [2.45, 2.75) is 6.92 Å². The van der Waals surface area contributed by atoms with Crippen LogP contribution in [0.3, 0.4) is 0 Å². The lowest BCUT2D eigenvalue weighted by atomic mass is 10.3. The van der Waals surface area contributed by atoms with E-state index < -0.39 is 5.97 Å². The Morgan fingerprint density at radius 2 is 1.90 bits per heavy atom. The van der Waals surface area contributed by atoms with Crippen LogP contribution < -0.4 is 0 Å². The molecule has 0 aliphatic rings. The molecule has 0 aromatic rings. The predicted molar refractivity (Wildman–Crippen MR) is 42.8 cm³/mol. The van der Waals surface area contributed by atoms with E-state index in [4.69, 9.17) is 5.11 Å². The van der Waals surface area contributed by atoms with E-state index >= 15 is 0 Å². The molecule has 0 heterocycles. The summed E-state index contributed by atoms with van der Waals surface area (Å²) in [6.07, 6.45) is 2.80. The van der Waals surface area contributed by atoms with Gasteiger partial charge in [0.25, 0.3) is 0 Å². The van der Waals surface area contributed by atoms with Gasteiger partial charge in [0, 0.05) is 0 Å². The molecule has 56 valence electrons. The predicted octanol–water partition coefficient (Wildman–Crippen LogP) is 2.01. The molecule has 0 saturated carbocycles. The average molecular weight is 140 g/mol. The Morgan fingerprint density at radius 3 is 1.90 bits per heavy atom. The standard InChI is InChI=1S/C6H8O2.C2H4/c1-3-5(4-2)6(7)8;1-2/h3-4H,1H2,2H3,(H,7,8);1-2H2/b5-4+;. The number of carboxylic acid groups (broad SMARTS) is 1. The van der Waals surface area contributed by atoms with Crippen molar-refractivity contribution < 1.29 is 9.90 Å². The third kappa shape index (κ3) is 4.84. The summed E-state index contributed by atoms with van der Waals surface area (Å²) in [5.41, 5.74) is 0.241. The van der Waals surface area contributed by atoms with Crippen molar-refractivity contribution in [3.63, 3.8) is 0 Å². The van der Waals surface area contributed by atoms with Crippen LogP contribution >= 0.6 is 0 Å². The van der Waals surface area contributed by atoms with E-state index in [0.717, 1.165) is 0 Å². The fraction of sp³-hybridized carbons (Fsp3) is 0.125. The van der Waals surface area contributed by atoms with Crippen molar-refractivity contribution in [3.05, 3.63) is 37.5 Å². The zero-order chi connectivity index (χ0) is 8.57. The number of carbonyl (C=O) groups is 1. The van der Waals surface area contributed by atoms with E-state index in [2.05, 4.69) is 19.7 Å². The SMILES string of the molecule is C=C.C=C/C(=C\C)C(=O)O. The van der Waals surface area contributed by atoms with Gasteiger partial charge in [0.1, 0.15) is 0 Å². The molecule has 0 radical (unpaired) electrons. The van der Waals surface area contributed by atoms with E-state index in [-0.39, 0.29) is 5.57 Å². The summed E-state index contributed by atoms with van der Waals surface area (Å²) in [6.45, 7) is 11.0. The summed E-state index contributed by atoms with van der Waals surface area (Å²) in [6, 6.07) is 0. The van der Waals surface area contributed by atoms with Crippen LogP contribution in [0.25, 0.3) is 0 Å².